The van der Waals surface area contributed by atoms with E-state index < -0.39 is 29.3 Å². The van der Waals surface area contributed by atoms with Gasteiger partial charge >= 0.3 is 6.18 Å². The van der Waals surface area contributed by atoms with Crippen LogP contribution in [0.3, 0.4) is 0 Å². The Morgan fingerprint density at radius 2 is 1.87 bits per heavy atom. The molecule has 1 aromatic heterocycles. The van der Waals surface area contributed by atoms with Crippen molar-refractivity contribution in [1.82, 2.24) is 25.2 Å². The molecule has 3 rings (SSSR count). The van der Waals surface area contributed by atoms with Crippen LogP contribution >= 0.6 is 0 Å². The molecule has 0 spiro atoms. The number of alkyl halides is 3. The van der Waals surface area contributed by atoms with Crippen molar-refractivity contribution < 1.29 is 22.4 Å². The van der Waals surface area contributed by atoms with E-state index in [4.69, 9.17) is 0 Å². The highest BCUT2D eigenvalue weighted by atomic mass is 19.4. The number of halogens is 4. The summed E-state index contributed by atoms with van der Waals surface area (Å²) in [5, 5.41) is 9.29. The van der Waals surface area contributed by atoms with Crippen LogP contribution in [0, 0.1) is 5.82 Å². The molecule has 1 heterocycles. The first kappa shape index (κ1) is 22.4. The van der Waals surface area contributed by atoms with Crippen LogP contribution in [0.5, 0.6) is 0 Å². The molecule has 0 radical (unpaired) electrons. The molecule has 31 heavy (non-hydrogen) atoms. The van der Waals surface area contributed by atoms with Gasteiger partial charge in [0.2, 0.25) is 0 Å². The van der Waals surface area contributed by atoms with Crippen LogP contribution < -0.4 is 5.32 Å². The molecule has 3 aromatic rings. The molecule has 0 aliphatic carbocycles. The van der Waals surface area contributed by atoms with Gasteiger partial charge in [-0.1, -0.05) is 41.6 Å². The minimum Gasteiger partial charge on any atom is -0.351 e. The number of nitrogens with zero attached hydrogens (tertiary/aromatic N) is 4. The number of rotatable bonds is 8. The highest BCUT2D eigenvalue weighted by molar-refractivity contribution is 5.93. The Hall–Kier alpha value is -3.27. The lowest BCUT2D eigenvalue weighted by molar-refractivity contribution is -0.143. The van der Waals surface area contributed by atoms with Crippen molar-refractivity contribution in [3.63, 3.8) is 0 Å². The van der Waals surface area contributed by atoms with Gasteiger partial charge in [0.25, 0.3) is 5.91 Å². The molecular formula is C21H21F4N5O. The van der Waals surface area contributed by atoms with Crippen LogP contribution in [-0.2, 0) is 12.7 Å². The van der Waals surface area contributed by atoms with Crippen molar-refractivity contribution in [3.8, 4) is 5.69 Å². The molecule has 0 fully saturated rings. The standard InChI is InChI=1S/C21H21F4N5O/c1-29(14-15-7-3-2-4-8-15)12-6-11-26-20(31)18-19(21(23,24)25)30(28-27-18)17-10-5-9-16(22)13-17/h2-5,7-10,13H,6,11-12,14H2,1H3,(H,26,31). The summed E-state index contributed by atoms with van der Waals surface area (Å²) in [5.74, 6) is -1.72. The van der Waals surface area contributed by atoms with Gasteiger partial charge in [-0.2, -0.15) is 13.2 Å². The van der Waals surface area contributed by atoms with Gasteiger partial charge in [-0.15, -0.1) is 5.10 Å². The maximum absolute atomic E-state index is 13.6. The Kier molecular flexibility index (Phi) is 7.01. The fourth-order valence-electron chi connectivity index (χ4n) is 3.09. The Bertz CT molecular complexity index is 1020. The summed E-state index contributed by atoms with van der Waals surface area (Å²) < 4.78 is 54.7. The second-order valence-corrected chi connectivity index (χ2v) is 7.01. The summed E-state index contributed by atoms with van der Waals surface area (Å²) in [6, 6.07) is 14.3. The summed E-state index contributed by atoms with van der Waals surface area (Å²) >= 11 is 0. The number of carbonyl (C=O) groups is 1. The van der Waals surface area contributed by atoms with Gasteiger partial charge in [0, 0.05) is 13.1 Å². The molecule has 0 saturated carbocycles. The summed E-state index contributed by atoms with van der Waals surface area (Å²) in [4.78, 5) is 14.4. The molecule has 0 aliphatic rings. The summed E-state index contributed by atoms with van der Waals surface area (Å²) in [7, 11) is 1.92. The minimum atomic E-state index is -4.90. The normalized spacial score (nSPS) is 11.7. The molecule has 6 nitrogen and oxygen atoms in total. The van der Waals surface area contributed by atoms with Crippen molar-refractivity contribution in [2.75, 3.05) is 20.1 Å². The summed E-state index contributed by atoms with van der Waals surface area (Å²) in [6.07, 6.45) is -4.37. The maximum atomic E-state index is 13.6. The van der Waals surface area contributed by atoms with E-state index in [0.29, 0.717) is 17.6 Å². The molecule has 1 N–H and O–H groups in total. The third-order valence-electron chi connectivity index (χ3n) is 4.50. The van der Waals surface area contributed by atoms with E-state index in [0.717, 1.165) is 24.2 Å². The fraction of sp³-hybridized carbons (Fsp3) is 0.286. The largest absolute Gasteiger partial charge is 0.435 e. The zero-order chi connectivity index (χ0) is 22.4. The Morgan fingerprint density at radius 3 is 2.55 bits per heavy atom. The molecule has 0 aliphatic heterocycles. The number of amides is 1. The number of hydrogen-bond donors (Lipinski definition) is 1. The van der Waals surface area contributed by atoms with Crippen molar-refractivity contribution in [1.29, 1.82) is 0 Å². The van der Waals surface area contributed by atoms with Gasteiger partial charge in [0.15, 0.2) is 11.4 Å². The minimum absolute atomic E-state index is 0.169. The van der Waals surface area contributed by atoms with E-state index in [1.54, 1.807) is 0 Å². The lowest BCUT2D eigenvalue weighted by Gasteiger charge is -2.16. The highest BCUT2D eigenvalue weighted by Gasteiger charge is 2.42. The SMILES string of the molecule is CN(CCCNC(=O)c1nnn(-c2cccc(F)c2)c1C(F)(F)F)Cc1ccccc1. The maximum Gasteiger partial charge on any atom is 0.435 e. The van der Waals surface area contributed by atoms with Gasteiger partial charge in [0.05, 0.1) is 5.69 Å². The second-order valence-electron chi connectivity index (χ2n) is 7.01. The van der Waals surface area contributed by atoms with Crippen LogP contribution in [0.15, 0.2) is 54.6 Å². The van der Waals surface area contributed by atoms with Gasteiger partial charge in [0.1, 0.15) is 5.82 Å². The number of hydrogen-bond acceptors (Lipinski definition) is 4. The third-order valence-corrected chi connectivity index (χ3v) is 4.50. The zero-order valence-electron chi connectivity index (χ0n) is 16.7. The number of carbonyl (C=O) groups excluding carboxylic acids is 1. The predicted octanol–water partition coefficient (Wildman–Crippen LogP) is 3.68. The second kappa shape index (κ2) is 9.69. The third kappa shape index (κ3) is 5.88. The quantitative estimate of drug-likeness (QED) is 0.433. The van der Waals surface area contributed by atoms with Crippen molar-refractivity contribution in [2.24, 2.45) is 0 Å². The molecule has 0 saturated heterocycles. The van der Waals surface area contributed by atoms with E-state index >= 15 is 0 Å². The first-order chi connectivity index (χ1) is 14.8. The number of nitrogens with one attached hydrogen (secondary N) is 1. The van der Waals surface area contributed by atoms with E-state index in [-0.39, 0.29) is 12.2 Å². The van der Waals surface area contributed by atoms with Crippen LogP contribution in [-0.4, -0.2) is 45.9 Å². The van der Waals surface area contributed by atoms with Gasteiger partial charge in [-0.3, -0.25) is 4.79 Å². The van der Waals surface area contributed by atoms with E-state index in [2.05, 4.69) is 15.6 Å². The highest BCUT2D eigenvalue weighted by Crippen LogP contribution is 2.32. The predicted molar refractivity (Wildman–Crippen MR) is 106 cm³/mol. The Balaban J connectivity index is 1.62. The van der Waals surface area contributed by atoms with Gasteiger partial charge in [-0.05, 0) is 43.8 Å². The first-order valence-electron chi connectivity index (χ1n) is 9.55. The lowest BCUT2D eigenvalue weighted by atomic mass is 10.2. The van der Waals surface area contributed by atoms with Crippen molar-refractivity contribution in [2.45, 2.75) is 19.1 Å². The summed E-state index contributed by atoms with van der Waals surface area (Å²) in [6.45, 7) is 1.52. The number of aromatic nitrogens is 3. The molecule has 2 aromatic carbocycles. The molecule has 0 atom stereocenters. The molecule has 0 unspecified atom stereocenters. The zero-order valence-corrected chi connectivity index (χ0v) is 16.7. The number of benzene rings is 2. The Morgan fingerprint density at radius 1 is 1.13 bits per heavy atom. The van der Waals surface area contributed by atoms with Crippen LogP contribution in [0.4, 0.5) is 17.6 Å². The average molecular weight is 435 g/mol. The monoisotopic (exact) mass is 435 g/mol. The fourth-order valence-corrected chi connectivity index (χ4v) is 3.09. The summed E-state index contributed by atoms with van der Waals surface area (Å²) in [5.41, 5.74) is -1.24. The van der Waals surface area contributed by atoms with Crippen LogP contribution in [0.25, 0.3) is 5.69 Å². The van der Waals surface area contributed by atoms with E-state index in [1.165, 1.54) is 12.1 Å². The van der Waals surface area contributed by atoms with Crippen LogP contribution in [0.2, 0.25) is 0 Å². The molecule has 164 valence electrons. The first-order valence-corrected chi connectivity index (χ1v) is 9.55. The average Bonchev–Trinajstić information content (AvgIpc) is 3.18. The molecule has 0 bridgehead atoms. The molecular weight excluding hydrogens is 414 g/mol. The van der Waals surface area contributed by atoms with Crippen molar-refractivity contribution >= 4 is 5.91 Å². The lowest BCUT2D eigenvalue weighted by Crippen LogP contribution is -2.30. The Labute approximate surface area is 176 Å². The van der Waals surface area contributed by atoms with Gasteiger partial charge in [-0.25, -0.2) is 9.07 Å². The van der Waals surface area contributed by atoms with Crippen LogP contribution in [0.1, 0.15) is 28.2 Å². The topological polar surface area (TPSA) is 63.1 Å². The molecule has 1 amide bonds. The smallest absolute Gasteiger partial charge is 0.351 e. The van der Waals surface area contributed by atoms with E-state index in [9.17, 15) is 22.4 Å². The van der Waals surface area contributed by atoms with E-state index in [1.807, 2.05) is 42.3 Å². The molecule has 10 heteroatoms. The van der Waals surface area contributed by atoms with Crippen molar-refractivity contribution in [3.05, 3.63) is 77.4 Å². The van der Waals surface area contributed by atoms with Gasteiger partial charge < -0.3 is 10.2 Å².